The Morgan fingerprint density at radius 3 is 2.35 bits per heavy atom. The minimum atomic E-state index is -5.87. The topological polar surface area (TPSA) is 86.7 Å². The molecule has 0 aromatic heterocycles. The monoisotopic (exact) mass is 400 g/mol. The van der Waals surface area contributed by atoms with Crippen molar-refractivity contribution in [1.82, 2.24) is 4.47 Å². The highest BCUT2D eigenvalue weighted by Crippen LogP contribution is 2.43. The van der Waals surface area contributed by atoms with Crippen molar-refractivity contribution in [3.63, 3.8) is 0 Å². The number of ether oxygens (including phenoxy) is 1. The van der Waals surface area contributed by atoms with Gasteiger partial charge in [-0.25, -0.2) is 8.42 Å². The summed E-state index contributed by atoms with van der Waals surface area (Å²) in [5.41, 5.74) is -5.62. The quantitative estimate of drug-likeness (QED) is 0.353. The Kier molecular flexibility index (Phi) is 7.32. The Balaban J connectivity index is 1.61. The van der Waals surface area contributed by atoms with E-state index in [9.17, 15) is 31.6 Å². The highest BCUT2D eigenvalue weighted by Gasteiger charge is 2.46. The van der Waals surface area contributed by atoms with Gasteiger partial charge >= 0.3 is 21.5 Å². The van der Waals surface area contributed by atoms with E-state index in [-0.39, 0.29) is 19.4 Å². The maximum atomic E-state index is 12.2. The van der Waals surface area contributed by atoms with Gasteiger partial charge in [0.2, 0.25) is 0 Å². The third-order valence-electron chi connectivity index (χ3n) is 5.29. The molecule has 6 nitrogen and oxygen atoms in total. The van der Waals surface area contributed by atoms with E-state index in [2.05, 4.69) is 0 Å². The van der Waals surface area contributed by atoms with Crippen LogP contribution in [0.15, 0.2) is 0 Å². The number of hydrogen-bond acceptors (Lipinski definition) is 5. The number of rotatable bonds is 8. The maximum Gasteiger partial charge on any atom is 0.510 e. The summed E-state index contributed by atoms with van der Waals surface area (Å²) in [6, 6.07) is 0. The summed E-state index contributed by atoms with van der Waals surface area (Å²) in [4.78, 5) is 11.7. The second-order valence-electron chi connectivity index (χ2n) is 7.33. The summed E-state index contributed by atoms with van der Waals surface area (Å²) in [6.45, 7) is -1.18. The standard InChI is InChI=1S/C16H25F3NO5S/c17-16(18,19)26(23,24)20(22)7-2-8-25-15(21)6-5-14-10-12-3-1-4-13(9-12)11-14/h12-14H,1-11H2/q-1. The molecule has 2 atom stereocenters. The minimum absolute atomic E-state index is 0.242. The van der Waals surface area contributed by atoms with Gasteiger partial charge in [0.05, 0.1) is 6.61 Å². The Morgan fingerprint density at radius 2 is 1.77 bits per heavy atom. The van der Waals surface area contributed by atoms with Crippen molar-refractivity contribution in [1.29, 1.82) is 0 Å². The number of carbonyl (C=O) groups is 1. The van der Waals surface area contributed by atoms with Gasteiger partial charge in [0.1, 0.15) is 0 Å². The second-order valence-corrected chi connectivity index (χ2v) is 9.15. The van der Waals surface area contributed by atoms with Crippen LogP contribution in [0.25, 0.3) is 0 Å². The number of carbonyl (C=O) groups excluding carboxylic acids is 1. The van der Waals surface area contributed by atoms with Crippen molar-refractivity contribution in [2.24, 2.45) is 17.8 Å². The summed E-state index contributed by atoms with van der Waals surface area (Å²) >= 11 is 0. The van der Waals surface area contributed by atoms with Crippen LogP contribution in [0.4, 0.5) is 13.2 Å². The molecule has 2 fully saturated rings. The number of sulfonamides is 1. The molecule has 0 saturated heterocycles. The predicted octanol–water partition coefficient (Wildman–Crippen LogP) is 3.57. The van der Waals surface area contributed by atoms with Gasteiger partial charge in [0.15, 0.2) is 0 Å². The largest absolute Gasteiger partial charge is 0.772 e. The molecule has 0 aromatic carbocycles. The van der Waals surface area contributed by atoms with Crippen LogP contribution < -0.4 is 0 Å². The number of hydroxylamine groups is 1. The molecule has 0 aromatic rings. The lowest BCUT2D eigenvalue weighted by molar-refractivity contribution is -0.144. The summed E-state index contributed by atoms with van der Waals surface area (Å²) in [7, 11) is -5.87. The average Bonchev–Trinajstić information content (AvgIpc) is 2.55. The molecule has 0 N–H and O–H groups in total. The van der Waals surface area contributed by atoms with Crippen LogP contribution in [0.2, 0.25) is 0 Å². The average molecular weight is 400 g/mol. The van der Waals surface area contributed by atoms with E-state index < -0.39 is 32.5 Å². The van der Waals surface area contributed by atoms with Gasteiger partial charge in [0.25, 0.3) is 0 Å². The van der Waals surface area contributed by atoms with Crippen molar-refractivity contribution in [2.75, 3.05) is 13.2 Å². The highest BCUT2D eigenvalue weighted by molar-refractivity contribution is 7.90. The molecule has 2 rings (SSSR count). The summed E-state index contributed by atoms with van der Waals surface area (Å²) in [5.74, 6) is 1.59. The zero-order valence-corrected chi connectivity index (χ0v) is 15.4. The first kappa shape index (κ1) is 21.4. The Morgan fingerprint density at radius 1 is 1.15 bits per heavy atom. The molecule has 2 bridgehead atoms. The van der Waals surface area contributed by atoms with Crippen LogP contribution in [0, 0.1) is 23.0 Å². The molecule has 26 heavy (non-hydrogen) atoms. The maximum absolute atomic E-state index is 12.2. The van der Waals surface area contributed by atoms with E-state index in [1.165, 1.54) is 25.7 Å². The Bertz CT molecular complexity index is 569. The molecule has 2 unspecified atom stereocenters. The van der Waals surface area contributed by atoms with Gasteiger partial charge in [-0.15, -0.1) is 0 Å². The van der Waals surface area contributed by atoms with Crippen LogP contribution in [0.3, 0.4) is 0 Å². The lowest BCUT2D eigenvalue weighted by Gasteiger charge is -2.39. The van der Waals surface area contributed by atoms with Gasteiger partial charge in [-0.2, -0.15) is 13.2 Å². The van der Waals surface area contributed by atoms with Crippen LogP contribution in [0.5, 0.6) is 0 Å². The smallest absolute Gasteiger partial charge is 0.510 e. The van der Waals surface area contributed by atoms with Gasteiger partial charge in [0, 0.05) is 13.0 Å². The molecule has 10 heteroatoms. The zero-order chi connectivity index (χ0) is 19.4. The normalized spacial score (nSPS) is 26.7. The second kappa shape index (κ2) is 8.88. The van der Waals surface area contributed by atoms with E-state index in [4.69, 9.17) is 4.74 Å². The predicted molar refractivity (Wildman–Crippen MR) is 88.0 cm³/mol. The van der Waals surface area contributed by atoms with E-state index in [1.807, 2.05) is 0 Å². The van der Waals surface area contributed by atoms with Crippen LogP contribution in [0.1, 0.15) is 57.8 Å². The van der Waals surface area contributed by atoms with Gasteiger partial charge in [-0.05, 0) is 49.9 Å². The lowest BCUT2D eigenvalue weighted by atomic mass is 9.67. The van der Waals surface area contributed by atoms with Gasteiger partial charge < -0.3 is 9.94 Å². The molecular weight excluding hydrogens is 375 g/mol. The molecule has 2 aliphatic carbocycles. The van der Waals surface area contributed by atoms with Gasteiger partial charge in [-0.1, -0.05) is 19.3 Å². The van der Waals surface area contributed by atoms with Crippen molar-refractivity contribution in [3.05, 3.63) is 5.21 Å². The number of hydrogen-bond donors (Lipinski definition) is 0. The Hall–Kier alpha value is -0.870. The van der Waals surface area contributed by atoms with Crippen molar-refractivity contribution >= 4 is 16.0 Å². The fourth-order valence-corrected chi connectivity index (χ4v) is 4.71. The SMILES string of the molecule is O=C(CCC1CC2CCCC(C2)C1)OCCCN([O-])S(=O)(=O)C(F)(F)F. The lowest BCUT2D eigenvalue weighted by Crippen LogP contribution is -2.37. The van der Waals surface area contributed by atoms with E-state index >= 15 is 0 Å². The summed E-state index contributed by atoms with van der Waals surface area (Å²) < 4.78 is 62.0. The van der Waals surface area contributed by atoms with Crippen LogP contribution >= 0.6 is 0 Å². The van der Waals surface area contributed by atoms with Crippen LogP contribution in [-0.2, 0) is 19.6 Å². The van der Waals surface area contributed by atoms with Gasteiger partial charge in [-0.3, -0.25) is 9.26 Å². The molecule has 0 amide bonds. The Labute approximate surface area is 151 Å². The molecule has 2 saturated carbocycles. The number of fused-ring (bicyclic) bond motifs is 2. The van der Waals surface area contributed by atoms with Crippen molar-refractivity contribution in [3.8, 4) is 0 Å². The number of nitrogens with zero attached hydrogens (tertiary/aromatic N) is 1. The van der Waals surface area contributed by atoms with Crippen molar-refractivity contribution in [2.45, 2.75) is 63.3 Å². The summed E-state index contributed by atoms with van der Waals surface area (Å²) in [6.07, 6.45) is 8.12. The number of esters is 1. The molecule has 2 aliphatic rings. The van der Waals surface area contributed by atoms with Crippen molar-refractivity contribution < 1.29 is 31.1 Å². The fourth-order valence-electron chi connectivity index (χ4n) is 4.11. The zero-order valence-electron chi connectivity index (χ0n) is 14.5. The number of halogens is 3. The summed E-state index contributed by atoms with van der Waals surface area (Å²) in [5, 5.41) is 11.1. The van der Waals surface area contributed by atoms with E-state index in [0.29, 0.717) is 5.92 Å². The van der Waals surface area contributed by atoms with Crippen LogP contribution in [-0.4, -0.2) is 37.5 Å². The van der Waals surface area contributed by atoms with E-state index in [0.717, 1.165) is 31.1 Å². The molecule has 0 radical (unpaired) electrons. The first-order valence-electron chi connectivity index (χ1n) is 9.01. The third-order valence-corrected chi connectivity index (χ3v) is 6.59. The molecule has 0 spiro atoms. The fraction of sp³-hybridized carbons (Fsp3) is 0.938. The third kappa shape index (κ3) is 5.82. The molecule has 0 heterocycles. The minimum Gasteiger partial charge on any atom is -0.772 e. The molecule has 152 valence electrons. The highest BCUT2D eigenvalue weighted by atomic mass is 32.2. The first-order valence-corrected chi connectivity index (χ1v) is 10.5. The molecule has 0 aliphatic heterocycles. The van der Waals surface area contributed by atoms with E-state index in [1.54, 1.807) is 0 Å². The first-order chi connectivity index (χ1) is 12.1. The number of alkyl halides is 3. The molecular formula is C16H25F3NO5S-.